The number of aryl methyl sites for hydroxylation is 2. The van der Waals surface area contributed by atoms with E-state index in [-0.39, 0.29) is 11.7 Å². The summed E-state index contributed by atoms with van der Waals surface area (Å²) in [5.41, 5.74) is 7.23. The smallest absolute Gasteiger partial charge is 0.255 e. The van der Waals surface area contributed by atoms with E-state index in [0.717, 1.165) is 57.2 Å². The number of carbonyl (C=O) groups excluding carboxylic acids is 2. The van der Waals surface area contributed by atoms with Crippen LogP contribution in [0, 0.1) is 6.92 Å². The summed E-state index contributed by atoms with van der Waals surface area (Å²) in [4.78, 5) is 31.4. The Morgan fingerprint density at radius 2 is 1.83 bits per heavy atom. The third-order valence-corrected chi connectivity index (χ3v) is 7.44. The average Bonchev–Trinajstić information content (AvgIpc) is 3.16. The summed E-state index contributed by atoms with van der Waals surface area (Å²) in [5.74, 6) is -0.0888. The molecule has 6 heteroatoms. The second-order valence-corrected chi connectivity index (χ2v) is 9.79. The minimum Gasteiger partial charge on any atom is -0.362 e. The van der Waals surface area contributed by atoms with Crippen LogP contribution in [0.3, 0.4) is 0 Å². The summed E-state index contributed by atoms with van der Waals surface area (Å²) in [6.45, 7) is 3.88. The van der Waals surface area contributed by atoms with E-state index in [1.165, 1.54) is 0 Å². The van der Waals surface area contributed by atoms with Gasteiger partial charge in [-0.15, -0.1) is 0 Å². The van der Waals surface area contributed by atoms with Crippen molar-refractivity contribution in [3.8, 4) is 0 Å². The molecule has 2 aromatic heterocycles. The van der Waals surface area contributed by atoms with Crippen molar-refractivity contribution >= 4 is 39.3 Å². The maximum atomic E-state index is 13.7. The zero-order valence-electron chi connectivity index (χ0n) is 20.7. The van der Waals surface area contributed by atoms with Gasteiger partial charge in [0.2, 0.25) is 0 Å². The number of para-hydroxylation sites is 1. The van der Waals surface area contributed by atoms with Gasteiger partial charge in [-0.1, -0.05) is 30.3 Å². The normalized spacial score (nSPS) is 18.0. The first kappa shape index (κ1) is 22.3. The third-order valence-electron chi connectivity index (χ3n) is 7.44. The second-order valence-electron chi connectivity index (χ2n) is 9.79. The number of ketones is 1. The largest absolute Gasteiger partial charge is 0.362 e. The summed E-state index contributed by atoms with van der Waals surface area (Å²) in [7, 11) is 2.07. The van der Waals surface area contributed by atoms with Gasteiger partial charge in [0.25, 0.3) is 5.91 Å². The molecule has 6 rings (SSSR count). The molecular formula is C30H28N4O2. The molecule has 0 saturated heterocycles. The fourth-order valence-electron chi connectivity index (χ4n) is 5.71. The summed E-state index contributed by atoms with van der Waals surface area (Å²) in [5, 5.41) is 8.64. The molecule has 0 fully saturated rings. The van der Waals surface area contributed by atoms with E-state index in [0.29, 0.717) is 23.4 Å². The molecule has 0 spiro atoms. The molecule has 6 nitrogen and oxygen atoms in total. The Labute approximate surface area is 209 Å². The second kappa shape index (κ2) is 8.48. The highest BCUT2D eigenvalue weighted by atomic mass is 16.2. The van der Waals surface area contributed by atoms with E-state index in [2.05, 4.69) is 57.6 Å². The van der Waals surface area contributed by atoms with Crippen molar-refractivity contribution in [2.45, 2.75) is 39.0 Å². The van der Waals surface area contributed by atoms with Crippen LogP contribution < -0.4 is 10.6 Å². The quantitative estimate of drug-likeness (QED) is 0.401. The number of dihydropyridines is 1. The molecule has 2 aliphatic rings. The summed E-state index contributed by atoms with van der Waals surface area (Å²) < 4.78 is 2.19. The van der Waals surface area contributed by atoms with Crippen molar-refractivity contribution in [2.75, 3.05) is 5.32 Å². The maximum absolute atomic E-state index is 13.7. The van der Waals surface area contributed by atoms with Crippen LogP contribution in [-0.4, -0.2) is 21.2 Å². The van der Waals surface area contributed by atoms with Gasteiger partial charge in [0, 0.05) is 69.9 Å². The fraction of sp³-hybridized carbons (Fsp3) is 0.233. The van der Waals surface area contributed by atoms with Crippen molar-refractivity contribution in [3.63, 3.8) is 0 Å². The number of aromatic nitrogens is 2. The monoisotopic (exact) mass is 476 g/mol. The molecule has 4 aromatic rings. The molecule has 0 radical (unpaired) electrons. The lowest BCUT2D eigenvalue weighted by Crippen LogP contribution is -2.35. The van der Waals surface area contributed by atoms with Crippen LogP contribution >= 0.6 is 0 Å². The standard InChI is InChI=1S/C30H28N4O2/c1-17-11-14-26(31-16-17)33-30(36)27-18(2)32-22-8-6-10-25(35)29(22)28(27)19-12-13-24-21(15-19)20-7-4-5-9-23(20)34(24)3/h4-5,7,9,11-16,28,32H,6,8,10H2,1-3H3,(H,31,33,36). The maximum Gasteiger partial charge on any atom is 0.255 e. The van der Waals surface area contributed by atoms with Gasteiger partial charge in [-0.05, 0) is 62.1 Å². The molecule has 180 valence electrons. The summed E-state index contributed by atoms with van der Waals surface area (Å²) in [6.07, 6.45) is 3.86. The first-order valence-corrected chi connectivity index (χ1v) is 12.4. The molecule has 1 aliphatic carbocycles. The molecule has 1 unspecified atom stereocenters. The van der Waals surface area contributed by atoms with E-state index >= 15 is 0 Å². The lowest BCUT2D eigenvalue weighted by Gasteiger charge is -2.34. The van der Waals surface area contributed by atoms with Crippen molar-refractivity contribution in [2.24, 2.45) is 7.05 Å². The Hall–Kier alpha value is -4.19. The highest BCUT2D eigenvalue weighted by Crippen LogP contribution is 2.43. The number of rotatable bonds is 3. The Balaban J connectivity index is 1.51. The third kappa shape index (κ3) is 3.52. The number of fused-ring (bicyclic) bond motifs is 3. The van der Waals surface area contributed by atoms with Crippen LogP contribution in [0.5, 0.6) is 0 Å². The van der Waals surface area contributed by atoms with Crippen LogP contribution in [0.15, 0.2) is 83.3 Å². The van der Waals surface area contributed by atoms with E-state index in [1.54, 1.807) is 12.3 Å². The van der Waals surface area contributed by atoms with Crippen LogP contribution in [0.2, 0.25) is 0 Å². The summed E-state index contributed by atoms with van der Waals surface area (Å²) >= 11 is 0. The molecule has 2 N–H and O–H groups in total. The predicted octanol–water partition coefficient (Wildman–Crippen LogP) is 5.64. The van der Waals surface area contributed by atoms with Crippen molar-refractivity contribution in [1.29, 1.82) is 0 Å². The predicted molar refractivity (Wildman–Crippen MR) is 142 cm³/mol. The number of nitrogens with one attached hydrogen (secondary N) is 2. The van der Waals surface area contributed by atoms with E-state index < -0.39 is 5.92 Å². The minimum atomic E-state index is -0.442. The van der Waals surface area contributed by atoms with Gasteiger partial charge in [-0.2, -0.15) is 0 Å². The topological polar surface area (TPSA) is 76.0 Å². The molecule has 0 bridgehead atoms. The van der Waals surface area contributed by atoms with Gasteiger partial charge < -0.3 is 15.2 Å². The number of allylic oxidation sites excluding steroid dienone is 3. The van der Waals surface area contributed by atoms with Gasteiger partial charge in [-0.25, -0.2) is 4.98 Å². The lowest BCUT2D eigenvalue weighted by molar-refractivity contribution is -0.116. The van der Waals surface area contributed by atoms with Crippen molar-refractivity contribution < 1.29 is 9.59 Å². The minimum absolute atomic E-state index is 0.109. The molecular weight excluding hydrogens is 448 g/mol. The molecule has 1 amide bonds. The number of benzene rings is 2. The Morgan fingerprint density at radius 1 is 1.03 bits per heavy atom. The number of nitrogens with zero attached hydrogens (tertiary/aromatic N) is 2. The first-order chi connectivity index (χ1) is 17.4. The summed E-state index contributed by atoms with van der Waals surface area (Å²) in [6, 6.07) is 18.4. The van der Waals surface area contributed by atoms with Gasteiger partial charge in [0.05, 0.1) is 0 Å². The molecule has 3 heterocycles. The van der Waals surface area contributed by atoms with Crippen molar-refractivity contribution in [3.05, 3.63) is 94.5 Å². The number of carbonyl (C=O) groups is 2. The van der Waals surface area contributed by atoms with Gasteiger partial charge in [0.1, 0.15) is 5.82 Å². The number of anilines is 1. The highest BCUT2D eigenvalue weighted by molar-refractivity contribution is 6.11. The van der Waals surface area contributed by atoms with Gasteiger partial charge in [0.15, 0.2) is 5.78 Å². The van der Waals surface area contributed by atoms with Gasteiger partial charge in [-0.3, -0.25) is 9.59 Å². The lowest BCUT2D eigenvalue weighted by atomic mass is 9.75. The van der Waals surface area contributed by atoms with Gasteiger partial charge >= 0.3 is 0 Å². The molecule has 1 atom stereocenters. The van der Waals surface area contributed by atoms with Crippen LogP contribution in [0.25, 0.3) is 21.8 Å². The number of hydrogen-bond donors (Lipinski definition) is 2. The first-order valence-electron chi connectivity index (χ1n) is 12.4. The zero-order chi connectivity index (χ0) is 25.0. The zero-order valence-corrected chi connectivity index (χ0v) is 20.7. The highest BCUT2D eigenvalue weighted by Gasteiger charge is 2.38. The van der Waals surface area contributed by atoms with Crippen LogP contribution in [0.1, 0.15) is 43.2 Å². The van der Waals surface area contributed by atoms with E-state index in [9.17, 15) is 9.59 Å². The average molecular weight is 477 g/mol. The molecule has 1 aliphatic heterocycles. The Kier molecular flexibility index (Phi) is 5.25. The number of amides is 1. The number of pyridine rings is 1. The Morgan fingerprint density at radius 3 is 2.64 bits per heavy atom. The molecule has 0 saturated carbocycles. The Bertz CT molecular complexity index is 1620. The van der Waals surface area contributed by atoms with Crippen molar-refractivity contribution in [1.82, 2.24) is 14.9 Å². The number of hydrogen-bond acceptors (Lipinski definition) is 4. The number of Topliss-reactive ketones (excluding diaryl/α,β-unsaturated/α-hetero) is 1. The SMILES string of the molecule is CC1=C(C(=O)Nc2ccc(C)cn2)C(c2ccc3c(c2)c2ccccc2n3C)C2=C(CCCC2=O)N1. The van der Waals surface area contributed by atoms with E-state index in [1.807, 2.05) is 32.0 Å². The molecule has 36 heavy (non-hydrogen) atoms. The fourth-order valence-corrected chi connectivity index (χ4v) is 5.71. The van der Waals surface area contributed by atoms with Crippen LogP contribution in [0.4, 0.5) is 5.82 Å². The van der Waals surface area contributed by atoms with Crippen LogP contribution in [-0.2, 0) is 16.6 Å². The molecule has 2 aromatic carbocycles. The van der Waals surface area contributed by atoms with E-state index in [4.69, 9.17) is 0 Å².